The largest absolute Gasteiger partial charge is 0.361 e. The quantitative estimate of drug-likeness (QED) is 0.698. The van der Waals surface area contributed by atoms with E-state index in [1.807, 2.05) is 9.80 Å². The summed E-state index contributed by atoms with van der Waals surface area (Å²) in [7, 11) is 0. The van der Waals surface area contributed by atoms with Gasteiger partial charge in [-0.15, -0.1) is 0 Å². The van der Waals surface area contributed by atoms with Gasteiger partial charge in [0.05, 0.1) is 6.61 Å². The molecule has 0 aromatic rings. The monoisotopic (exact) mass is 282 g/mol. The molecule has 2 amide bonds. The Morgan fingerprint density at radius 1 is 0.850 bits per heavy atom. The molecule has 5 nitrogen and oxygen atoms in total. The summed E-state index contributed by atoms with van der Waals surface area (Å²) in [6.45, 7) is 3.53. The van der Waals surface area contributed by atoms with E-state index in [4.69, 9.17) is 4.74 Å². The van der Waals surface area contributed by atoms with Crippen LogP contribution in [0.25, 0.3) is 0 Å². The Hall–Kier alpha value is -1.10. The van der Waals surface area contributed by atoms with Gasteiger partial charge in [-0.25, -0.2) is 0 Å². The van der Waals surface area contributed by atoms with Gasteiger partial charge in [0, 0.05) is 32.5 Å². The molecule has 0 radical (unpaired) electrons. The maximum Gasteiger partial charge on any atom is 0.224 e. The number of hydrogen-bond donors (Lipinski definition) is 0. The number of amides is 2. The molecule has 0 spiro atoms. The first kappa shape index (κ1) is 15.3. The van der Waals surface area contributed by atoms with Crippen LogP contribution in [0, 0.1) is 0 Å². The van der Waals surface area contributed by atoms with E-state index in [9.17, 15) is 9.59 Å². The van der Waals surface area contributed by atoms with Crippen molar-refractivity contribution in [3.63, 3.8) is 0 Å². The van der Waals surface area contributed by atoms with Crippen molar-refractivity contribution in [1.29, 1.82) is 0 Å². The third-order valence-electron chi connectivity index (χ3n) is 4.06. The summed E-state index contributed by atoms with van der Waals surface area (Å²) in [4.78, 5) is 27.1. The fraction of sp³-hybridized carbons (Fsp3) is 0.867. The molecule has 2 heterocycles. The molecule has 114 valence electrons. The van der Waals surface area contributed by atoms with Crippen molar-refractivity contribution in [2.45, 2.75) is 51.4 Å². The Bertz CT molecular complexity index is 333. The third kappa shape index (κ3) is 4.78. The fourth-order valence-electron chi connectivity index (χ4n) is 2.81. The van der Waals surface area contributed by atoms with Gasteiger partial charge in [0.15, 0.2) is 0 Å². The second-order valence-electron chi connectivity index (χ2n) is 5.70. The molecule has 0 bridgehead atoms. The minimum Gasteiger partial charge on any atom is -0.361 e. The van der Waals surface area contributed by atoms with Gasteiger partial charge in [0.25, 0.3) is 0 Å². The predicted molar refractivity (Wildman–Crippen MR) is 76.0 cm³/mol. The molecule has 2 aliphatic rings. The molecule has 0 atom stereocenters. The highest BCUT2D eigenvalue weighted by molar-refractivity contribution is 5.76. The van der Waals surface area contributed by atoms with E-state index in [-0.39, 0.29) is 11.8 Å². The predicted octanol–water partition coefficient (Wildman–Crippen LogP) is 1.77. The number of ether oxygens (including phenoxy) is 1. The summed E-state index contributed by atoms with van der Waals surface area (Å²) in [6, 6.07) is 0. The molecule has 0 aromatic heterocycles. The maximum atomic E-state index is 11.8. The zero-order valence-corrected chi connectivity index (χ0v) is 12.3. The van der Waals surface area contributed by atoms with Gasteiger partial charge in [-0.2, -0.15) is 0 Å². The van der Waals surface area contributed by atoms with Crippen LogP contribution >= 0.6 is 0 Å². The lowest BCUT2D eigenvalue weighted by Crippen LogP contribution is -2.36. The Morgan fingerprint density at radius 2 is 1.50 bits per heavy atom. The van der Waals surface area contributed by atoms with Crippen LogP contribution in [-0.2, 0) is 14.3 Å². The molecule has 0 saturated carbocycles. The van der Waals surface area contributed by atoms with E-state index in [2.05, 4.69) is 0 Å². The number of nitrogens with zero attached hydrogens (tertiary/aromatic N) is 2. The van der Waals surface area contributed by atoms with Crippen molar-refractivity contribution < 1.29 is 14.3 Å². The van der Waals surface area contributed by atoms with Crippen molar-refractivity contribution in [3.05, 3.63) is 0 Å². The Morgan fingerprint density at radius 3 is 2.30 bits per heavy atom. The Kier molecular flexibility index (Phi) is 6.30. The molecule has 20 heavy (non-hydrogen) atoms. The van der Waals surface area contributed by atoms with Crippen LogP contribution < -0.4 is 0 Å². The lowest BCUT2D eigenvalue weighted by atomic mass is 10.1. The third-order valence-corrected chi connectivity index (χ3v) is 4.06. The molecule has 2 aliphatic heterocycles. The normalized spacial score (nSPS) is 21.2. The molecule has 0 aliphatic carbocycles. The summed E-state index contributed by atoms with van der Waals surface area (Å²) in [5.74, 6) is 0.493. The maximum absolute atomic E-state index is 11.8. The smallest absolute Gasteiger partial charge is 0.224 e. The van der Waals surface area contributed by atoms with Gasteiger partial charge in [0.1, 0.15) is 6.73 Å². The zero-order valence-electron chi connectivity index (χ0n) is 12.3. The summed E-state index contributed by atoms with van der Waals surface area (Å²) in [6.07, 6.45) is 7.59. The van der Waals surface area contributed by atoms with Crippen molar-refractivity contribution in [3.8, 4) is 0 Å². The van der Waals surface area contributed by atoms with Crippen LogP contribution in [0.1, 0.15) is 51.4 Å². The summed E-state index contributed by atoms with van der Waals surface area (Å²) in [5.41, 5.74) is 0. The van der Waals surface area contributed by atoms with Gasteiger partial charge in [-0.1, -0.05) is 6.42 Å². The second-order valence-corrected chi connectivity index (χ2v) is 5.70. The Balaban J connectivity index is 1.56. The first-order chi connectivity index (χ1) is 9.77. The SMILES string of the molecule is O=C1CCCCN1CCCOCN1CCCCCC1=O. The fourth-order valence-corrected chi connectivity index (χ4v) is 2.81. The van der Waals surface area contributed by atoms with Crippen molar-refractivity contribution in [2.75, 3.05) is 33.0 Å². The van der Waals surface area contributed by atoms with Crippen molar-refractivity contribution >= 4 is 11.8 Å². The number of carbonyl (C=O) groups is 2. The molecule has 0 unspecified atom stereocenters. The molecule has 2 fully saturated rings. The Labute approximate surface area is 121 Å². The molecule has 2 saturated heterocycles. The summed E-state index contributed by atoms with van der Waals surface area (Å²) < 4.78 is 5.59. The van der Waals surface area contributed by atoms with E-state index in [1.54, 1.807) is 0 Å². The zero-order chi connectivity index (χ0) is 14.2. The number of likely N-dealkylation sites (tertiary alicyclic amines) is 2. The molecule has 0 N–H and O–H groups in total. The molecular weight excluding hydrogens is 256 g/mol. The summed E-state index contributed by atoms with van der Waals surface area (Å²) >= 11 is 0. The first-order valence-electron chi connectivity index (χ1n) is 7.90. The van der Waals surface area contributed by atoms with Crippen LogP contribution in [-0.4, -0.2) is 54.6 Å². The average Bonchev–Trinajstić information content (AvgIpc) is 2.65. The highest BCUT2D eigenvalue weighted by atomic mass is 16.5. The highest BCUT2D eigenvalue weighted by Gasteiger charge is 2.18. The molecule has 0 aromatic carbocycles. The highest BCUT2D eigenvalue weighted by Crippen LogP contribution is 2.12. The van der Waals surface area contributed by atoms with Crippen LogP contribution in [0.15, 0.2) is 0 Å². The number of carbonyl (C=O) groups excluding carboxylic acids is 2. The van der Waals surface area contributed by atoms with Crippen LogP contribution in [0.2, 0.25) is 0 Å². The van der Waals surface area contributed by atoms with E-state index in [1.165, 1.54) is 0 Å². The number of rotatable bonds is 6. The average molecular weight is 282 g/mol. The van der Waals surface area contributed by atoms with Crippen LogP contribution in [0.5, 0.6) is 0 Å². The van der Waals surface area contributed by atoms with Crippen molar-refractivity contribution in [1.82, 2.24) is 9.80 Å². The van der Waals surface area contributed by atoms with Gasteiger partial charge in [-0.05, 0) is 32.1 Å². The topological polar surface area (TPSA) is 49.9 Å². The second kappa shape index (κ2) is 8.25. The van der Waals surface area contributed by atoms with Crippen LogP contribution in [0.3, 0.4) is 0 Å². The van der Waals surface area contributed by atoms with E-state index >= 15 is 0 Å². The number of piperidine rings is 1. The van der Waals surface area contributed by atoms with Gasteiger partial charge >= 0.3 is 0 Å². The minimum absolute atomic E-state index is 0.216. The van der Waals surface area contributed by atoms with E-state index in [0.29, 0.717) is 26.2 Å². The molecular formula is C15H26N2O3. The van der Waals surface area contributed by atoms with Crippen LogP contribution in [0.4, 0.5) is 0 Å². The standard InChI is InChI=1S/C15H26N2O3/c18-14-8-3-5-9-16(14)11-6-12-20-13-17-10-4-1-2-7-15(17)19/h1-13H2. The van der Waals surface area contributed by atoms with E-state index < -0.39 is 0 Å². The first-order valence-corrected chi connectivity index (χ1v) is 7.90. The lowest BCUT2D eigenvalue weighted by Gasteiger charge is -2.26. The minimum atomic E-state index is 0.216. The van der Waals surface area contributed by atoms with Gasteiger partial charge in [-0.3, -0.25) is 9.59 Å². The number of hydrogen-bond acceptors (Lipinski definition) is 3. The van der Waals surface area contributed by atoms with Gasteiger partial charge < -0.3 is 14.5 Å². The van der Waals surface area contributed by atoms with Crippen molar-refractivity contribution in [2.24, 2.45) is 0 Å². The summed E-state index contributed by atoms with van der Waals surface area (Å²) in [5, 5.41) is 0. The molecule has 5 heteroatoms. The van der Waals surface area contributed by atoms with Gasteiger partial charge in [0.2, 0.25) is 11.8 Å². The lowest BCUT2D eigenvalue weighted by molar-refractivity contribution is -0.136. The van der Waals surface area contributed by atoms with E-state index in [0.717, 1.165) is 58.2 Å². The molecule has 2 rings (SSSR count).